The number of aryl methyl sites for hydroxylation is 3. The molecule has 1 aliphatic rings. The number of carbonyl (C=O) groups is 2. The lowest BCUT2D eigenvalue weighted by atomic mass is 10.0. The highest BCUT2D eigenvalue weighted by Gasteiger charge is 2.24. The third kappa shape index (κ3) is 4.30. The summed E-state index contributed by atoms with van der Waals surface area (Å²) in [6.07, 6.45) is 6.85. The summed E-state index contributed by atoms with van der Waals surface area (Å²) < 4.78 is 1.87. The predicted octanol–water partition coefficient (Wildman–Crippen LogP) is 3.29. The van der Waals surface area contributed by atoms with Gasteiger partial charge >= 0.3 is 0 Å². The molecule has 7 nitrogen and oxygen atoms in total. The number of rotatable bonds is 6. The fraction of sp³-hybridized carbons (Fsp3) is 0.348. The number of hydrogen-bond acceptors (Lipinski definition) is 5. The molecule has 4 rings (SSSR count). The van der Waals surface area contributed by atoms with Gasteiger partial charge in [0.25, 0.3) is 0 Å². The summed E-state index contributed by atoms with van der Waals surface area (Å²) in [4.78, 5) is 35.5. The van der Waals surface area contributed by atoms with Crippen molar-refractivity contribution >= 4 is 17.5 Å². The molecule has 30 heavy (non-hydrogen) atoms. The van der Waals surface area contributed by atoms with E-state index < -0.39 is 0 Å². The van der Waals surface area contributed by atoms with E-state index in [0.29, 0.717) is 6.54 Å². The van der Waals surface area contributed by atoms with Crippen molar-refractivity contribution in [2.45, 2.75) is 46.1 Å². The molecule has 0 aromatic carbocycles. The monoisotopic (exact) mass is 403 g/mol. The zero-order valence-electron chi connectivity index (χ0n) is 17.3. The van der Waals surface area contributed by atoms with Crippen LogP contribution in [0, 0.1) is 13.8 Å². The Morgan fingerprint density at radius 2 is 1.97 bits per heavy atom. The van der Waals surface area contributed by atoms with Crippen LogP contribution in [0.25, 0.3) is 11.1 Å². The van der Waals surface area contributed by atoms with Gasteiger partial charge in [-0.1, -0.05) is 6.07 Å². The summed E-state index contributed by atoms with van der Waals surface area (Å²) in [6, 6.07) is 7.74. The smallest absolute Gasteiger partial charge is 0.228 e. The topological polar surface area (TPSA) is 81.0 Å². The molecule has 0 atom stereocenters. The van der Waals surface area contributed by atoms with Gasteiger partial charge in [0.15, 0.2) is 0 Å². The number of carbonyl (C=O) groups excluding carboxylic acids is 2. The maximum absolute atomic E-state index is 12.7. The summed E-state index contributed by atoms with van der Waals surface area (Å²) in [7, 11) is 0. The number of pyridine rings is 2. The van der Waals surface area contributed by atoms with E-state index >= 15 is 0 Å². The maximum atomic E-state index is 12.7. The third-order valence-electron chi connectivity index (χ3n) is 5.35. The highest BCUT2D eigenvalue weighted by Crippen LogP contribution is 2.24. The molecule has 154 valence electrons. The molecule has 0 aliphatic carbocycles. The van der Waals surface area contributed by atoms with Crippen molar-refractivity contribution in [3.05, 3.63) is 59.8 Å². The summed E-state index contributed by atoms with van der Waals surface area (Å²) >= 11 is 0. The van der Waals surface area contributed by atoms with E-state index in [2.05, 4.69) is 15.1 Å². The Labute approximate surface area is 175 Å². The van der Waals surface area contributed by atoms with E-state index in [1.807, 2.05) is 42.8 Å². The molecule has 0 spiro atoms. The first kappa shape index (κ1) is 19.9. The van der Waals surface area contributed by atoms with Crippen LogP contribution in [0.3, 0.4) is 0 Å². The van der Waals surface area contributed by atoms with Crippen molar-refractivity contribution in [2.24, 2.45) is 0 Å². The largest absolute Gasteiger partial charge is 0.299 e. The second-order valence-electron chi connectivity index (χ2n) is 7.71. The molecular formula is C23H25N5O2. The van der Waals surface area contributed by atoms with Crippen LogP contribution in [0.5, 0.6) is 0 Å². The number of nitrogens with zero attached hydrogens (tertiary/aromatic N) is 5. The van der Waals surface area contributed by atoms with Crippen molar-refractivity contribution < 1.29 is 9.59 Å². The standard InChI is InChI=1S/C23H25N5O2/c1-16-11-19(25-15-21(16)18-5-3-8-24-14-18)13-20(29)6-7-23(30)27-9-4-10-28-22(27)12-17(2)26-28/h3,5,8,11-12,14-15H,4,6-7,9-10,13H2,1-2H3. The molecule has 0 fully saturated rings. The number of anilines is 1. The molecule has 0 unspecified atom stereocenters. The molecule has 3 aromatic heterocycles. The van der Waals surface area contributed by atoms with E-state index in [9.17, 15) is 9.59 Å². The van der Waals surface area contributed by atoms with Crippen LogP contribution in [0.2, 0.25) is 0 Å². The summed E-state index contributed by atoms with van der Waals surface area (Å²) in [5, 5.41) is 4.42. The second-order valence-corrected chi connectivity index (χ2v) is 7.71. The van der Waals surface area contributed by atoms with Crippen LogP contribution < -0.4 is 4.90 Å². The minimum absolute atomic E-state index is 0.0195. The molecule has 0 saturated heterocycles. The molecule has 0 radical (unpaired) electrons. The van der Waals surface area contributed by atoms with Gasteiger partial charge in [0.1, 0.15) is 11.6 Å². The van der Waals surface area contributed by atoms with Gasteiger partial charge in [0.05, 0.1) is 5.69 Å². The molecular weight excluding hydrogens is 378 g/mol. The number of hydrogen-bond donors (Lipinski definition) is 0. The van der Waals surface area contributed by atoms with E-state index in [1.165, 1.54) is 0 Å². The number of fused-ring (bicyclic) bond motifs is 1. The number of amides is 1. The van der Waals surface area contributed by atoms with Gasteiger partial charge in [-0.2, -0.15) is 5.10 Å². The van der Waals surface area contributed by atoms with Crippen molar-refractivity contribution in [3.8, 4) is 11.1 Å². The van der Waals surface area contributed by atoms with E-state index in [0.717, 1.165) is 46.9 Å². The van der Waals surface area contributed by atoms with Crippen LogP contribution in [0.4, 0.5) is 5.82 Å². The average molecular weight is 403 g/mol. The summed E-state index contributed by atoms with van der Waals surface area (Å²) in [6.45, 7) is 5.43. The molecule has 1 aliphatic heterocycles. The number of aromatic nitrogens is 4. The van der Waals surface area contributed by atoms with Gasteiger partial charge in [-0.15, -0.1) is 0 Å². The Kier molecular flexibility index (Phi) is 5.70. The van der Waals surface area contributed by atoms with Crippen LogP contribution in [-0.2, 0) is 22.6 Å². The lowest BCUT2D eigenvalue weighted by molar-refractivity contribution is -0.123. The van der Waals surface area contributed by atoms with Crippen molar-refractivity contribution in [1.29, 1.82) is 0 Å². The Morgan fingerprint density at radius 1 is 1.10 bits per heavy atom. The molecule has 3 aromatic rings. The van der Waals surface area contributed by atoms with Gasteiger partial charge in [-0.05, 0) is 38.0 Å². The zero-order chi connectivity index (χ0) is 21.1. The van der Waals surface area contributed by atoms with Gasteiger partial charge in [0.2, 0.25) is 5.91 Å². The summed E-state index contributed by atoms with van der Waals surface area (Å²) in [5.74, 6) is 0.825. The minimum atomic E-state index is -0.0275. The van der Waals surface area contributed by atoms with Gasteiger partial charge in [-0.3, -0.25) is 24.5 Å². The summed E-state index contributed by atoms with van der Waals surface area (Å²) in [5.41, 5.74) is 4.68. The predicted molar refractivity (Wildman–Crippen MR) is 114 cm³/mol. The number of Topliss-reactive ketones (excluding diaryl/α,β-unsaturated/α-hetero) is 1. The molecule has 0 bridgehead atoms. The zero-order valence-corrected chi connectivity index (χ0v) is 17.3. The third-order valence-corrected chi connectivity index (χ3v) is 5.35. The van der Waals surface area contributed by atoms with E-state index in [-0.39, 0.29) is 31.0 Å². The molecule has 7 heteroatoms. The molecule has 4 heterocycles. The Hall–Kier alpha value is -3.35. The maximum Gasteiger partial charge on any atom is 0.228 e. The highest BCUT2D eigenvalue weighted by molar-refractivity contribution is 5.95. The van der Waals surface area contributed by atoms with Crippen molar-refractivity contribution in [2.75, 3.05) is 11.4 Å². The number of ketones is 1. The van der Waals surface area contributed by atoms with Gasteiger partial charge in [-0.25, -0.2) is 4.68 Å². The molecule has 0 N–H and O–H groups in total. The van der Waals surface area contributed by atoms with Crippen LogP contribution >= 0.6 is 0 Å². The van der Waals surface area contributed by atoms with Crippen molar-refractivity contribution in [1.82, 2.24) is 19.7 Å². The Morgan fingerprint density at radius 3 is 2.73 bits per heavy atom. The first-order chi connectivity index (χ1) is 14.5. The first-order valence-electron chi connectivity index (χ1n) is 10.2. The SMILES string of the molecule is Cc1cc2n(n1)CCCN2C(=O)CCC(=O)Cc1cc(C)c(-c2cccnc2)cn1. The van der Waals surface area contributed by atoms with E-state index in [4.69, 9.17) is 0 Å². The fourth-order valence-electron chi connectivity index (χ4n) is 3.87. The fourth-order valence-corrected chi connectivity index (χ4v) is 3.87. The Balaban J connectivity index is 1.35. The lowest BCUT2D eigenvalue weighted by Crippen LogP contribution is -2.37. The van der Waals surface area contributed by atoms with Crippen LogP contribution in [0.15, 0.2) is 42.9 Å². The van der Waals surface area contributed by atoms with Crippen molar-refractivity contribution in [3.63, 3.8) is 0 Å². The Bertz CT molecular complexity index is 1070. The minimum Gasteiger partial charge on any atom is -0.299 e. The normalized spacial score (nSPS) is 13.2. The quantitative estimate of drug-likeness (QED) is 0.631. The molecule has 1 amide bonds. The highest BCUT2D eigenvalue weighted by atomic mass is 16.2. The average Bonchev–Trinajstić information content (AvgIpc) is 3.13. The second kappa shape index (κ2) is 8.57. The van der Waals surface area contributed by atoms with E-state index in [1.54, 1.807) is 23.5 Å². The van der Waals surface area contributed by atoms with Crippen LogP contribution in [-0.4, -0.2) is 38.0 Å². The first-order valence-corrected chi connectivity index (χ1v) is 10.2. The van der Waals surface area contributed by atoms with Crippen LogP contribution in [0.1, 0.15) is 36.2 Å². The lowest BCUT2D eigenvalue weighted by Gasteiger charge is -2.27. The molecule has 0 saturated carbocycles. The van der Waals surface area contributed by atoms with Gasteiger partial charge < -0.3 is 0 Å². The van der Waals surface area contributed by atoms with Gasteiger partial charge in [0, 0.05) is 73.8 Å².